The number of rotatable bonds is 2. The Bertz CT molecular complexity index is 599. The van der Waals surface area contributed by atoms with Gasteiger partial charge in [-0.05, 0) is 41.2 Å². The molecule has 0 radical (unpaired) electrons. The van der Waals surface area contributed by atoms with Gasteiger partial charge in [0.2, 0.25) is 0 Å². The lowest BCUT2D eigenvalue weighted by Gasteiger charge is -2.55. The second kappa shape index (κ2) is 6.03. The summed E-state index contributed by atoms with van der Waals surface area (Å²) in [7, 11) is 0. The molecular weight excluding hydrogens is 304 g/mol. The fourth-order valence-corrected chi connectivity index (χ4v) is 4.79. The molecule has 0 bridgehead atoms. The van der Waals surface area contributed by atoms with Crippen LogP contribution in [-0.2, 0) is 0 Å². The Morgan fingerprint density at radius 2 is 1.48 bits per heavy atom. The summed E-state index contributed by atoms with van der Waals surface area (Å²) in [5.41, 5.74) is -0.527. The minimum atomic E-state index is -0.508. The van der Waals surface area contributed by atoms with Crippen LogP contribution in [0.25, 0.3) is 0 Å². The molecule has 23 heavy (non-hydrogen) atoms. The number of hydrogen-bond acceptors (Lipinski definition) is 3. The van der Waals surface area contributed by atoms with Gasteiger partial charge in [0.1, 0.15) is 5.75 Å². The van der Waals surface area contributed by atoms with Crippen molar-refractivity contribution in [1.29, 1.82) is 0 Å². The van der Waals surface area contributed by atoms with E-state index in [-0.39, 0.29) is 22.0 Å². The molecule has 0 heterocycles. The lowest BCUT2D eigenvalue weighted by molar-refractivity contribution is -0.0706. The zero-order valence-corrected chi connectivity index (χ0v) is 15.7. The highest BCUT2D eigenvalue weighted by Gasteiger charge is 2.54. The van der Waals surface area contributed by atoms with Crippen molar-refractivity contribution >= 4 is 11.8 Å². The summed E-state index contributed by atoms with van der Waals surface area (Å²) in [5.74, 6) is 0.275. The molecule has 1 aliphatic rings. The third-order valence-corrected chi connectivity index (χ3v) is 5.83. The van der Waals surface area contributed by atoms with Gasteiger partial charge in [0.25, 0.3) is 0 Å². The molecule has 3 heteroatoms. The molecule has 0 saturated carbocycles. The number of thioether (sulfide) groups is 1. The molecule has 0 aromatic heterocycles. The fourth-order valence-electron chi connectivity index (χ4n) is 3.85. The third kappa shape index (κ3) is 3.36. The fraction of sp³-hybridized carbons (Fsp3) is 0.500. The van der Waals surface area contributed by atoms with Gasteiger partial charge in [-0.2, -0.15) is 0 Å². The minimum Gasteiger partial charge on any atom is -0.508 e. The van der Waals surface area contributed by atoms with Gasteiger partial charge in [-0.3, -0.25) is 0 Å². The Morgan fingerprint density at radius 3 is 1.96 bits per heavy atom. The first-order chi connectivity index (χ1) is 10.5. The smallest absolute Gasteiger partial charge is 0.115 e. The molecule has 0 fully saturated rings. The predicted molar refractivity (Wildman–Crippen MR) is 98.5 cm³/mol. The maximum absolute atomic E-state index is 10.8. The lowest BCUT2D eigenvalue weighted by atomic mass is 9.50. The molecule has 0 saturated heterocycles. The highest BCUT2D eigenvalue weighted by atomic mass is 32.2. The first-order valence-electron chi connectivity index (χ1n) is 8.03. The Kier molecular flexibility index (Phi) is 4.76. The monoisotopic (exact) mass is 332 g/mol. The van der Waals surface area contributed by atoms with Crippen LogP contribution in [0, 0.1) is 16.2 Å². The van der Waals surface area contributed by atoms with Gasteiger partial charge in [0.05, 0.1) is 6.10 Å². The second-order valence-corrected chi connectivity index (χ2v) is 9.46. The van der Waals surface area contributed by atoms with E-state index >= 15 is 0 Å². The van der Waals surface area contributed by atoms with Crippen LogP contribution >= 0.6 is 11.8 Å². The van der Waals surface area contributed by atoms with Crippen molar-refractivity contribution in [3.8, 4) is 5.75 Å². The quantitative estimate of drug-likeness (QED) is 0.764. The van der Waals surface area contributed by atoms with E-state index in [0.29, 0.717) is 0 Å². The van der Waals surface area contributed by atoms with E-state index in [1.807, 2.05) is 24.3 Å². The second-order valence-electron chi connectivity index (χ2n) is 8.32. The van der Waals surface area contributed by atoms with E-state index in [4.69, 9.17) is 0 Å². The number of aliphatic hydroxyl groups excluding tert-OH is 1. The molecule has 0 amide bonds. The summed E-state index contributed by atoms with van der Waals surface area (Å²) >= 11 is 1.66. The van der Waals surface area contributed by atoms with Gasteiger partial charge in [-0.1, -0.05) is 65.5 Å². The third-order valence-electron chi connectivity index (χ3n) is 4.83. The number of aromatic hydroxyl groups is 1. The summed E-state index contributed by atoms with van der Waals surface area (Å²) in [6.07, 6.45) is 5.65. The first kappa shape index (κ1) is 18.2. The van der Waals surface area contributed by atoms with Crippen molar-refractivity contribution in [1.82, 2.24) is 0 Å². The molecule has 1 aromatic rings. The number of phenolic OH excluding ortho intramolecular Hbond substituents is 1. The molecule has 0 aliphatic heterocycles. The van der Waals surface area contributed by atoms with Crippen LogP contribution in [0.4, 0.5) is 0 Å². The van der Waals surface area contributed by atoms with Gasteiger partial charge < -0.3 is 10.2 Å². The number of allylic oxidation sites excluding steroid dienone is 1. The van der Waals surface area contributed by atoms with E-state index < -0.39 is 6.10 Å². The van der Waals surface area contributed by atoms with E-state index in [1.54, 1.807) is 23.9 Å². The number of hydrogen-bond donors (Lipinski definition) is 2. The van der Waals surface area contributed by atoms with Crippen LogP contribution in [0.1, 0.15) is 41.5 Å². The van der Waals surface area contributed by atoms with E-state index in [9.17, 15) is 10.2 Å². The summed E-state index contributed by atoms with van der Waals surface area (Å²) in [6.45, 7) is 13.2. The SMILES string of the molecule is CC(C)(C)C1(C(C)(C)C)C=C(Sc2ccc(O)cc2)C=CC1O. The van der Waals surface area contributed by atoms with Gasteiger partial charge in [0.15, 0.2) is 0 Å². The highest BCUT2D eigenvalue weighted by molar-refractivity contribution is 8.03. The summed E-state index contributed by atoms with van der Waals surface area (Å²) in [6, 6.07) is 7.22. The number of benzene rings is 1. The molecule has 0 spiro atoms. The summed E-state index contributed by atoms with van der Waals surface area (Å²) < 4.78 is 0. The summed E-state index contributed by atoms with van der Waals surface area (Å²) in [4.78, 5) is 2.21. The molecule has 1 atom stereocenters. The van der Waals surface area contributed by atoms with Crippen molar-refractivity contribution in [3.05, 3.63) is 47.4 Å². The average molecular weight is 333 g/mol. The predicted octanol–water partition coefficient (Wildman–Crippen LogP) is 5.38. The van der Waals surface area contributed by atoms with Crippen LogP contribution in [0.15, 0.2) is 52.3 Å². The topological polar surface area (TPSA) is 40.5 Å². The summed E-state index contributed by atoms with van der Waals surface area (Å²) in [5, 5.41) is 20.3. The van der Waals surface area contributed by atoms with Crippen LogP contribution in [-0.4, -0.2) is 16.3 Å². The molecule has 2 nitrogen and oxygen atoms in total. The van der Waals surface area contributed by atoms with Crippen molar-refractivity contribution < 1.29 is 10.2 Å². The average Bonchev–Trinajstić information content (AvgIpc) is 2.40. The Balaban J connectivity index is 2.45. The molecular formula is C20H28O2S. The normalized spacial score (nSPS) is 21.2. The van der Waals surface area contributed by atoms with Crippen molar-refractivity contribution in [2.45, 2.75) is 52.5 Å². The van der Waals surface area contributed by atoms with Crippen LogP contribution in [0.5, 0.6) is 5.75 Å². The van der Waals surface area contributed by atoms with Crippen LogP contribution in [0.2, 0.25) is 0 Å². The van der Waals surface area contributed by atoms with E-state index in [1.165, 1.54) is 0 Å². The first-order valence-corrected chi connectivity index (χ1v) is 8.85. The zero-order chi connectivity index (χ0) is 17.5. The maximum atomic E-state index is 10.8. The van der Waals surface area contributed by atoms with Crippen LogP contribution < -0.4 is 0 Å². The maximum Gasteiger partial charge on any atom is 0.115 e. The molecule has 126 valence electrons. The number of aliphatic hydroxyl groups is 1. The van der Waals surface area contributed by atoms with Gasteiger partial charge in [0, 0.05) is 15.2 Å². The minimum absolute atomic E-state index is 0.0871. The lowest BCUT2D eigenvalue weighted by Crippen LogP contribution is -2.53. The molecule has 1 aliphatic carbocycles. The molecule has 2 rings (SSSR count). The molecule has 1 unspecified atom stereocenters. The van der Waals surface area contributed by atoms with E-state index in [0.717, 1.165) is 9.80 Å². The van der Waals surface area contributed by atoms with Crippen molar-refractivity contribution in [2.24, 2.45) is 16.2 Å². The zero-order valence-electron chi connectivity index (χ0n) is 14.9. The Labute approximate surface area is 144 Å². The Hall–Kier alpha value is -1.19. The van der Waals surface area contributed by atoms with Gasteiger partial charge >= 0.3 is 0 Å². The van der Waals surface area contributed by atoms with Gasteiger partial charge in [-0.15, -0.1) is 0 Å². The van der Waals surface area contributed by atoms with Crippen molar-refractivity contribution in [3.63, 3.8) is 0 Å². The van der Waals surface area contributed by atoms with Crippen molar-refractivity contribution in [2.75, 3.05) is 0 Å². The molecule has 2 N–H and O–H groups in total. The van der Waals surface area contributed by atoms with Gasteiger partial charge in [-0.25, -0.2) is 0 Å². The largest absolute Gasteiger partial charge is 0.508 e. The van der Waals surface area contributed by atoms with E-state index in [2.05, 4.69) is 47.6 Å². The Morgan fingerprint density at radius 1 is 0.957 bits per heavy atom. The molecule has 1 aromatic carbocycles. The standard InChI is InChI=1S/C20H28O2S/c1-18(2,3)20(19(4,5)6)13-16(11-12-17(20)22)23-15-9-7-14(21)8-10-15/h7-13,17,21-22H,1-6H3. The van der Waals surface area contributed by atoms with Crippen LogP contribution in [0.3, 0.4) is 0 Å². The highest BCUT2D eigenvalue weighted by Crippen LogP contribution is 2.58. The number of phenols is 1.